The van der Waals surface area contributed by atoms with E-state index in [4.69, 9.17) is 9.84 Å². The summed E-state index contributed by atoms with van der Waals surface area (Å²) in [6.45, 7) is 9.23. The Hall–Kier alpha value is -1.30. The number of carbonyl (C=O) groups is 2. The number of hydrogen-bond donors (Lipinski definition) is 1. The molecule has 0 aromatic rings. The first-order valence-electron chi connectivity index (χ1n) is 7.42. The highest BCUT2D eigenvalue weighted by Gasteiger charge is 2.37. The molecule has 1 rings (SSSR count). The van der Waals surface area contributed by atoms with Crippen LogP contribution in [0.25, 0.3) is 0 Å². The van der Waals surface area contributed by atoms with Crippen LogP contribution < -0.4 is 0 Å². The number of carbonyl (C=O) groups excluding carboxylic acids is 1. The Kier molecular flexibility index (Phi) is 5.61. The van der Waals surface area contributed by atoms with E-state index in [1.165, 1.54) is 0 Å². The van der Waals surface area contributed by atoms with Gasteiger partial charge in [0.1, 0.15) is 0 Å². The smallest absolute Gasteiger partial charge is 0.320 e. The summed E-state index contributed by atoms with van der Waals surface area (Å²) >= 11 is 0. The first-order chi connectivity index (χ1) is 9.59. The van der Waals surface area contributed by atoms with Crippen molar-refractivity contribution in [3.05, 3.63) is 0 Å². The zero-order valence-electron chi connectivity index (χ0n) is 13.8. The average Bonchev–Trinajstić information content (AvgIpc) is 2.37. The van der Waals surface area contributed by atoms with Gasteiger partial charge in [0, 0.05) is 25.7 Å². The van der Waals surface area contributed by atoms with E-state index < -0.39 is 11.5 Å². The van der Waals surface area contributed by atoms with Gasteiger partial charge >= 0.3 is 12.0 Å². The van der Waals surface area contributed by atoms with Gasteiger partial charge in [-0.2, -0.15) is 0 Å². The number of methoxy groups -OCH3 is 1. The number of carboxylic acid groups (broad SMARTS) is 1. The van der Waals surface area contributed by atoms with Crippen LogP contribution in [-0.2, 0) is 9.53 Å². The number of hydrogen-bond acceptors (Lipinski definition) is 3. The number of likely N-dealkylation sites (tertiary alicyclic amines) is 1. The van der Waals surface area contributed by atoms with Crippen molar-refractivity contribution in [1.82, 2.24) is 9.80 Å². The molecule has 21 heavy (non-hydrogen) atoms. The van der Waals surface area contributed by atoms with E-state index in [0.29, 0.717) is 13.1 Å². The second-order valence-corrected chi connectivity index (χ2v) is 6.93. The van der Waals surface area contributed by atoms with Crippen LogP contribution in [-0.4, -0.2) is 64.8 Å². The second kappa shape index (κ2) is 6.64. The van der Waals surface area contributed by atoms with Crippen molar-refractivity contribution < 1.29 is 19.4 Å². The minimum absolute atomic E-state index is 0.0433. The Balaban J connectivity index is 2.82. The summed E-state index contributed by atoms with van der Waals surface area (Å²) in [4.78, 5) is 27.0. The Morgan fingerprint density at radius 1 is 1.38 bits per heavy atom. The van der Waals surface area contributed by atoms with Crippen molar-refractivity contribution in [2.45, 2.75) is 58.1 Å². The van der Waals surface area contributed by atoms with Gasteiger partial charge in [-0.05, 0) is 40.5 Å². The number of rotatable bonds is 4. The lowest BCUT2D eigenvalue weighted by molar-refractivity contribution is -0.137. The van der Waals surface area contributed by atoms with E-state index in [2.05, 4.69) is 0 Å². The predicted molar refractivity (Wildman–Crippen MR) is 80.3 cm³/mol. The molecule has 0 radical (unpaired) electrons. The van der Waals surface area contributed by atoms with Crippen LogP contribution in [0.15, 0.2) is 0 Å². The van der Waals surface area contributed by atoms with E-state index in [9.17, 15) is 9.59 Å². The van der Waals surface area contributed by atoms with Crippen LogP contribution >= 0.6 is 0 Å². The standard InChI is InChI=1S/C15H28N2O4/c1-14(2,3)17(10-7-12(18)19)13(20)16-9-6-8-15(4,11-16)21-5/h6-11H2,1-5H3,(H,18,19). The van der Waals surface area contributed by atoms with Crippen molar-refractivity contribution in [2.24, 2.45) is 0 Å². The molecular weight excluding hydrogens is 272 g/mol. The molecule has 122 valence electrons. The van der Waals surface area contributed by atoms with Crippen LogP contribution in [0.2, 0.25) is 0 Å². The Morgan fingerprint density at radius 3 is 2.48 bits per heavy atom. The number of amides is 2. The summed E-state index contributed by atoms with van der Waals surface area (Å²) in [5, 5.41) is 8.87. The summed E-state index contributed by atoms with van der Waals surface area (Å²) < 4.78 is 5.52. The van der Waals surface area contributed by atoms with Gasteiger partial charge in [0.2, 0.25) is 0 Å². The molecule has 6 nitrogen and oxygen atoms in total. The van der Waals surface area contributed by atoms with E-state index in [0.717, 1.165) is 12.8 Å². The lowest BCUT2D eigenvalue weighted by Gasteiger charge is -2.44. The van der Waals surface area contributed by atoms with E-state index in [1.807, 2.05) is 27.7 Å². The van der Waals surface area contributed by atoms with Crippen molar-refractivity contribution in [2.75, 3.05) is 26.7 Å². The Bertz CT molecular complexity index is 392. The van der Waals surface area contributed by atoms with Crippen molar-refractivity contribution >= 4 is 12.0 Å². The topological polar surface area (TPSA) is 70.1 Å². The maximum atomic E-state index is 12.8. The van der Waals surface area contributed by atoms with E-state index >= 15 is 0 Å². The second-order valence-electron chi connectivity index (χ2n) is 6.93. The molecule has 1 saturated heterocycles. The summed E-state index contributed by atoms with van der Waals surface area (Å²) in [6, 6.07) is -0.105. The molecule has 1 N–H and O–H groups in total. The fourth-order valence-corrected chi connectivity index (χ4v) is 2.63. The lowest BCUT2D eigenvalue weighted by atomic mass is 9.95. The van der Waals surface area contributed by atoms with E-state index in [-0.39, 0.29) is 24.6 Å². The highest BCUT2D eigenvalue weighted by molar-refractivity contribution is 5.76. The Morgan fingerprint density at radius 2 is 2.00 bits per heavy atom. The van der Waals surface area contributed by atoms with Gasteiger partial charge in [0.05, 0.1) is 18.6 Å². The monoisotopic (exact) mass is 300 g/mol. The van der Waals surface area contributed by atoms with Crippen molar-refractivity contribution in [3.63, 3.8) is 0 Å². The van der Waals surface area contributed by atoms with Gasteiger partial charge in [-0.1, -0.05) is 0 Å². The normalized spacial score (nSPS) is 23.0. The number of urea groups is 1. The third kappa shape index (κ3) is 4.88. The molecule has 1 fully saturated rings. The number of carboxylic acids is 1. The molecule has 1 aliphatic rings. The van der Waals surface area contributed by atoms with Crippen LogP contribution in [0.1, 0.15) is 47.0 Å². The van der Waals surface area contributed by atoms with Crippen molar-refractivity contribution in [1.29, 1.82) is 0 Å². The number of aliphatic carboxylic acids is 1. The molecule has 1 atom stereocenters. The van der Waals surface area contributed by atoms with Gasteiger partial charge in [-0.25, -0.2) is 4.79 Å². The van der Waals surface area contributed by atoms with Gasteiger partial charge in [0.25, 0.3) is 0 Å². The molecule has 0 saturated carbocycles. The maximum Gasteiger partial charge on any atom is 0.320 e. The van der Waals surface area contributed by atoms with Crippen LogP contribution in [0.4, 0.5) is 4.79 Å². The van der Waals surface area contributed by atoms with E-state index in [1.54, 1.807) is 16.9 Å². The van der Waals surface area contributed by atoms with Gasteiger partial charge in [-0.15, -0.1) is 0 Å². The molecule has 0 bridgehead atoms. The molecule has 1 unspecified atom stereocenters. The molecule has 6 heteroatoms. The fraction of sp³-hybridized carbons (Fsp3) is 0.867. The largest absolute Gasteiger partial charge is 0.481 e. The molecule has 0 aromatic heterocycles. The highest BCUT2D eigenvalue weighted by atomic mass is 16.5. The summed E-state index contributed by atoms with van der Waals surface area (Å²) in [7, 11) is 1.67. The highest BCUT2D eigenvalue weighted by Crippen LogP contribution is 2.26. The molecule has 0 spiro atoms. The van der Waals surface area contributed by atoms with Crippen molar-refractivity contribution in [3.8, 4) is 0 Å². The van der Waals surface area contributed by atoms with Gasteiger partial charge < -0.3 is 19.6 Å². The summed E-state index contributed by atoms with van der Waals surface area (Å²) in [5.74, 6) is -0.891. The van der Waals surface area contributed by atoms with Crippen LogP contribution in [0.5, 0.6) is 0 Å². The minimum atomic E-state index is -0.891. The maximum absolute atomic E-state index is 12.8. The van der Waals surface area contributed by atoms with Crippen LogP contribution in [0.3, 0.4) is 0 Å². The zero-order valence-corrected chi connectivity index (χ0v) is 13.8. The quantitative estimate of drug-likeness (QED) is 0.864. The van der Waals surface area contributed by atoms with Crippen LogP contribution in [0, 0.1) is 0 Å². The number of ether oxygens (including phenoxy) is 1. The van der Waals surface area contributed by atoms with Gasteiger partial charge in [0.15, 0.2) is 0 Å². The summed E-state index contributed by atoms with van der Waals surface area (Å²) in [5.41, 5.74) is -0.724. The third-order valence-electron chi connectivity index (χ3n) is 4.01. The number of nitrogens with zero attached hydrogens (tertiary/aromatic N) is 2. The fourth-order valence-electron chi connectivity index (χ4n) is 2.63. The summed E-state index contributed by atoms with van der Waals surface area (Å²) in [6.07, 6.45) is 1.78. The molecule has 0 aromatic carbocycles. The SMILES string of the molecule is COC1(C)CCCN(C(=O)N(CCC(=O)O)C(C)(C)C)C1. The predicted octanol–water partition coefficient (Wildman–Crippen LogP) is 2.18. The molecule has 0 aliphatic carbocycles. The minimum Gasteiger partial charge on any atom is -0.481 e. The first kappa shape index (κ1) is 17.8. The Labute approximate surface area is 127 Å². The first-order valence-corrected chi connectivity index (χ1v) is 7.42. The number of piperidine rings is 1. The molecule has 1 heterocycles. The average molecular weight is 300 g/mol. The lowest BCUT2D eigenvalue weighted by Crippen LogP contribution is -2.57. The third-order valence-corrected chi connectivity index (χ3v) is 4.01. The zero-order chi connectivity index (χ0) is 16.3. The molecule has 2 amide bonds. The molecule has 1 aliphatic heterocycles. The molecular formula is C15H28N2O4. The van der Waals surface area contributed by atoms with Gasteiger partial charge in [-0.3, -0.25) is 4.79 Å².